The first-order chi connectivity index (χ1) is 12.6. The Morgan fingerprint density at radius 3 is 2.27 bits per heavy atom. The van der Waals surface area contributed by atoms with Gasteiger partial charge in [0.05, 0.1) is 11.2 Å². The largest absolute Gasteiger partial charge is 0.404 e. The number of para-hydroxylation sites is 1. The van der Waals surface area contributed by atoms with Crippen LogP contribution in [0.15, 0.2) is 66.9 Å². The zero-order chi connectivity index (χ0) is 18.3. The molecule has 0 bridgehead atoms. The van der Waals surface area contributed by atoms with Crippen molar-refractivity contribution in [3.8, 4) is 0 Å². The second-order valence-corrected chi connectivity index (χ2v) is 6.87. The van der Waals surface area contributed by atoms with Crippen LogP contribution in [0, 0.1) is 20.8 Å². The van der Waals surface area contributed by atoms with E-state index in [4.69, 9.17) is 10.7 Å². The van der Waals surface area contributed by atoms with Gasteiger partial charge >= 0.3 is 0 Å². The van der Waals surface area contributed by atoms with E-state index in [1.54, 1.807) is 6.20 Å². The minimum absolute atomic E-state index is 0.943. The molecule has 1 heterocycles. The van der Waals surface area contributed by atoms with E-state index in [0.29, 0.717) is 0 Å². The van der Waals surface area contributed by atoms with E-state index in [9.17, 15) is 0 Å². The lowest BCUT2D eigenvalue weighted by Gasteiger charge is -2.16. The summed E-state index contributed by atoms with van der Waals surface area (Å²) < 4.78 is 0. The number of nitrogens with zero attached hydrogens (tertiary/aromatic N) is 1. The van der Waals surface area contributed by atoms with Crippen molar-refractivity contribution in [1.82, 2.24) is 4.98 Å². The van der Waals surface area contributed by atoms with E-state index >= 15 is 0 Å². The molecule has 2 heteroatoms. The molecule has 2 N–H and O–H groups in total. The normalized spacial score (nSPS) is 12.0. The molecule has 0 aliphatic rings. The summed E-state index contributed by atoms with van der Waals surface area (Å²) in [6.07, 6.45) is 1.70. The summed E-state index contributed by atoms with van der Waals surface area (Å²) in [5, 5.41) is 3.53. The van der Waals surface area contributed by atoms with Crippen LogP contribution in [0.3, 0.4) is 0 Å². The van der Waals surface area contributed by atoms with Crippen molar-refractivity contribution in [3.05, 3.63) is 94.8 Å². The highest BCUT2D eigenvalue weighted by atomic mass is 14.7. The first-order valence-corrected chi connectivity index (χ1v) is 8.88. The monoisotopic (exact) mass is 338 g/mol. The molecule has 0 unspecified atom stereocenters. The number of hydrogen-bond acceptors (Lipinski definition) is 2. The minimum Gasteiger partial charge on any atom is -0.404 e. The van der Waals surface area contributed by atoms with Crippen LogP contribution in [-0.4, -0.2) is 4.98 Å². The van der Waals surface area contributed by atoms with E-state index in [0.717, 1.165) is 22.2 Å². The van der Waals surface area contributed by atoms with Crippen molar-refractivity contribution in [2.24, 2.45) is 5.73 Å². The second-order valence-electron chi connectivity index (χ2n) is 6.87. The van der Waals surface area contributed by atoms with Crippen LogP contribution in [0.25, 0.3) is 27.2 Å². The second kappa shape index (κ2) is 6.30. The molecule has 4 rings (SSSR count). The van der Waals surface area contributed by atoms with Gasteiger partial charge < -0.3 is 5.73 Å². The lowest BCUT2D eigenvalue weighted by atomic mass is 9.91. The molecule has 0 spiro atoms. The maximum Gasteiger partial charge on any atom is 0.0808 e. The molecule has 0 saturated heterocycles. The number of aromatic nitrogens is 1. The van der Waals surface area contributed by atoms with E-state index in [1.807, 2.05) is 6.07 Å². The van der Waals surface area contributed by atoms with Gasteiger partial charge in [-0.25, -0.2) is 4.98 Å². The van der Waals surface area contributed by atoms with E-state index < -0.39 is 0 Å². The Balaban J connectivity index is 2.13. The smallest absolute Gasteiger partial charge is 0.0808 e. The SMILES string of the molecule is Cc1ccc2c(/C(=C\N)c3c(C)cccc3C)nc3ccccc3c2c1. The van der Waals surface area contributed by atoms with Crippen molar-refractivity contribution in [2.45, 2.75) is 20.8 Å². The lowest BCUT2D eigenvalue weighted by Crippen LogP contribution is -2.02. The number of hydrogen-bond donors (Lipinski definition) is 1. The van der Waals surface area contributed by atoms with Crippen molar-refractivity contribution >= 4 is 27.2 Å². The summed E-state index contributed by atoms with van der Waals surface area (Å²) in [6.45, 7) is 6.37. The van der Waals surface area contributed by atoms with Crippen LogP contribution in [0.2, 0.25) is 0 Å². The Hall–Kier alpha value is -3.13. The number of fused-ring (bicyclic) bond motifs is 3. The third-order valence-corrected chi connectivity index (χ3v) is 5.03. The maximum atomic E-state index is 6.14. The molecule has 26 heavy (non-hydrogen) atoms. The molecule has 0 amide bonds. The summed E-state index contributed by atoms with van der Waals surface area (Å²) in [6, 6.07) is 21.2. The average molecular weight is 338 g/mol. The highest BCUT2D eigenvalue weighted by Gasteiger charge is 2.16. The van der Waals surface area contributed by atoms with Crippen LogP contribution < -0.4 is 5.73 Å². The third-order valence-electron chi connectivity index (χ3n) is 5.03. The predicted octanol–water partition coefficient (Wildman–Crippen LogP) is 5.66. The molecule has 2 nitrogen and oxygen atoms in total. The number of rotatable bonds is 2. The molecule has 1 aromatic heterocycles. The quantitative estimate of drug-likeness (QED) is 0.479. The van der Waals surface area contributed by atoms with E-state index in [2.05, 4.69) is 75.4 Å². The van der Waals surface area contributed by atoms with Gasteiger partial charge in [-0.1, -0.05) is 60.2 Å². The van der Waals surface area contributed by atoms with Gasteiger partial charge in [0, 0.05) is 22.5 Å². The molecule has 4 aromatic rings. The van der Waals surface area contributed by atoms with Gasteiger partial charge in [-0.15, -0.1) is 0 Å². The summed E-state index contributed by atoms with van der Waals surface area (Å²) in [4.78, 5) is 5.01. The van der Waals surface area contributed by atoms with Gasteiger partial charge in [0.25, 0.3) is 0 Å². The van der Waals surface area contributed by atoms with Crippen molar-refractivity contribution in [3.63, 3.8) is 0 Å². The number of aryl methyl sites for hydroxylation is 3. The predicted molar refractivity (Wildman–Crippen MR) is 111 cm³/mol. The molecular formula is C24H22N2. The molecule has 0 aliphatic carbocycles. The first-order valence-electron chi connectivity index (χ1n) is 8.88. The van der Waals surface area contributed by atoms with Gasteiger partial charge in [-0.3, -0.25) is 0 Å². The van der Waals surface area contributed by atoms with Gasteiger partial charge in [-0.2, -0.15) is 0 Å². The van der Waals surface area contributed by atoms with E-state index in [-0.39, 0.29) is 0 Å². The average Bonchev–Trinajstić information content (AvgIpc) is 2.64. The molecular weight excluding hydrogens is 316 g/mol. The zero-order valence-electron chi connectivity index (χ0n) is 15.4. The van der Waals surface area contributed by atoms with Crippen LogP contribution in [0.4, 0.5) is 0 Å². The Labute approximate surface area is 154 Å². The number of benzene rings is 3. The number of pyridine rings is 1. The molecule has 0 aliphatic heterocycles. The Kier molecular flexibility index (Phi) is 3.96. The number of nitrogens with two attached hydrogens (primary N) is 1. The van der Waals surface area contributed by atoms with Crippen molar-refractivity contribution in [2.75, 3.05) is 0 Å². The molecule has 0 saturated carbocycles. The summed E-state index contributed by atoms with van der Waals surface area (Å²) in [5.41, 5.74) is 13.9. The van der Waals surface area contributed by atoms with Crippen molar-refractivity contribution < 1.29 is 0 Å². The summed E-state index contributed by atoms with van der Waals surface area (Å²) in [7, 11) is 0. The summed E-state index contributed by atoms with van der Waals surface area (Å²) in [5.74, 6) is 0. The summed E-state index contributed by atoms with van der Waals surface area (Å²) >= 11 is 0. The molecule has 0 radical (unpaired) electrons. The fraction of sp³-hybridized carbons (Fsp3) is 0.125. The Bertz CT molecular complexity index is 1150. The van der Waals surface area contributed by atoms with Crippen molar-refractivity contribution in [1.29, 1.82) is 0 Å². The topological polar surface area (TPSA) is 38.9 Å². The highest BCUT2D eigenvalue weighted by Crippen LogP contribution is 2.35. The third kappa shape index (κ3) is 2.55. The van der Waals surface area contributed by atoms with Crippen LogP contribution >= 0.6 is 0 Å². The highest BCUT2D eigenvalue weighted by molar-refractivity contribution is 6.10. The van der Waals surface area contributed by atoms with Gasteiger partial charge in [0.1, 0.15) is 0 Å². The Morgan fingerprint density at radius 2 is 1.54 bits per heavy atom. The molecule has 128 valence electrons. The molecule has 3 aromatic carbocycles. The molecule has 0 fully saturated rings. The van der Waals surface area contributed by atoms with Gasteiger partial charge in [-0.05, 0) is 48.9 Å². The maximum absolute atomic E-state index is 6.14. The van der Waals surface area contributed by atoms with E-state index in [1.165, 1.54) is 33.0 Å². The van der Waals surface area contributed by atoms with Gasteiger partial charge in [0.15, 0.2) is 0 Å². The fourth-order valence-electron chi connectivity index (χ4n) is 3.79. The van der Waals surface area contributed by atoms with Crippen LogP contribution in [-0.2, 0) is 0 Å². The standard InChI is InChI=1S/C24H22N2/c1-15-11-12-19-20(13-15)18-9-4-5-10-22(18)26-24(19)21(14-25)23-16(2)7-6-8-17(23)3/h4-14H,25H2,1-3H3/b21-14-. The Morgan fingerprint density at radius 1 is 0.808 bits per heavy atom. The fourth-order valence-corrected chi connectivity index (χ4v) is 3.79. The van der Waals surface area contributed by atoms with Crippen LogP contribution in [0.1, 0.15) is 27.9 Å². The molecule has 0 atom stereocenters. The lowest BCUT2D eigenvalue weighted by molar-refractivity contribution is 1.29. The van der Waals surface area contributed by atoms with Crippen LogP contribution in [0.5, 0.6) is 0 Å². The minimum atomic E-state index is 0.943. The van der Waals surface area contributed by atoms with Gasteiger partial charge in [0.2, 0.25) is 0 Å². The first kappa shape index (κ1) is 16.3. The zero-order valence-corrected chi connectivity index (χ0v) is 15.4.